The Morgan fingerprint density at radius 1 is 1.00 bits per heavy atom. The highest BCUT2D eigenvalue weighted by molar-refractivity contribution is 7.94. The summed E-state index contributed by atoms with van der Waals surface area (Å²) in [6.07, 6.45) is 0. The van der Waals surface area contributed by atoms with Crippen LogP contribution in [-0.4, -0.2) is 28.5 Å². The molecule has 1 aromatic heterocycles. The Bertz CT molecular complexity index is 1080. The number of anilines is 1. The average molecular weight is 433 g/mol. The van der Waals surface area contributed by atoms with Crippen molar-refractivity contribution in [2.75, 3.05) is 18.9 Å². The van der Waals surface area contributed by atoms with Crippen LogP contribution in [0.4, 0.5) is 5.69 Å². The molecule has 0 atom stereocenters. The van der Waals surface area contributed by atoms with Crippen LogP contribution in [0.25, 0.3) is 0 Å². The van der Waals surface area contributed by atoms with Gasteiger partial charge in [0, 0.05) is 17.8 Å². The van der Waals surface area contributed by atoms with E-state index in [1.165, 1.54) is 6.07 Å². The average Bonchev–Trinajstić information content (AvgIpc) is 3.28. The number of nitrogens with one attached hydrogen (secondary N) is 2. The van der Waals surface area contributed by atoms with Gasteiger partial charge in [-0.2, -0.15) is 0 Å². The van der Waals surface area contributed by atoms with E-state index in [2.05, 4.69) is 10.0 Å². The lowest BCUT2D eigenvalue weighted by atomic mass is 10.1. The maximum atomic E-state index is 12.4. The van der Waals surface area contributed by atoms with Crippen molar-refractivity contribution in [3.8, 4) is 11.5 Å². The van der Waals surface area contributed by atoms with E-state index in [4.69, 9.17) is 9.47 Å². The fraction of sp³-hybridized carbons (Fsp3) is 0.150. The van der Waals surface area contributed by atoms with E-state index in [-0.39, 0.29) is 10.1 Å². The standard InChI is InChI=1S/C20H20N2O5S2/c1-26-17-10-5-14(12-18(17)27-2)13-21-20(23)15-6-8-16(9-7-15)22-29(24,25)19-4-3-11-28-19/h3-12,22H,13H2,1-2H3,(H,21,23). The lowest BCUT2D eigenvalue weighted by molar-refractivity contribution is 0.0951. The topological polar surface area (TPSA) is 93.7 Å². The van der Waals surface area contributed by atoms with Gasteiger partial charge in [0.2, 0.25) is 0 Å². The summed E-state index contributed by atoms with van der Waals surface area (Å²) in [5, 5.41) is 4.52. The lowest BCUT2D eigenvalue weighted by Crippen LogP contribution is -2.22. The van der Waals surface area contributed by atoms with Crippen molar-refractivity contribution >= 4 is 33.0 Å². The van der Waals surface area contributed by atoms with Crippen molar-refractivity contribution in [1.82, 2.24) is 5.32 Å². The minimum atomic E-state index is -3.62. The van der Waals surface area contributed by atoms with Crippen LogP contribution in [0.1, 0.15) is 15.9 Å². The van der Waals surface area contributed by atoms with E-state index in [1.54, 1.807) is 62.1 Å². The smallest absolute Gasteiger partial charge is 0.271 e. The normalized spacial score (nSPS) is 11.0. The van der Waals surface area contributed by atoms with Crippen LogP contribution < -0.4 is 19.5 Å². The Balaban J connectivity index is 1.62. The summed E-state index contributed by atoms with van der Waals surface area (Å²) in [6.45, 7) is 0.311. The molecule has 29 heavy (non-hydrogen) atoms. The summed E-state index contributed by atoms with van der Waals surface area (Å²) in [7, 11) is -0.507. The zero-order valence-electron chi connectivity index (χ0n) is 15.8. The highest BCUT2D eigenvalue weighted by atomic mass is 32.2. The molecule has 1 amide bonds. The van der Waals surface area contributed by atoms with E-state index < -0.39 is 10.0 Å². The zero-order valence-corrected chi connectivity index (χ0v) is 17.5. The molecule has 2 aromatic carbocycles. The molecule has 0 aliphatic rings. The molecule has 0 aliphatic heterocycles. The van der Waals surface area contributed by atoms with Gasteiger partial charge in [0.25, 0.3) is 15.9 Å². The molecule has 0 fully saturated rings. The molecule has 0 bridgehead atoms. The fourth-order valence-electron chi connectivity index (χ4n) is 2.59. The molecule has 9 heteroatoms. The van der Waals surface area contributed by atoms with Crippen LogP contribution in [0.15, 0.2) is 64.2 Å². The first kappa shape index (κ1) is 20.7. The second kappa shape index (κ2) is 8.97. The molecular weight excluding hydrogens is 412 g/mol. The first-order valence-electron chi connectivity index (χ1n) is 8.58. The zero-order chi connectivity index (χ0) is 20.9. The molecule has 0 aliphatic carbocycles. The number of hydrogen-bond donors (Lipinski definition) is 2. The minimum Gasteiger partial charge on any atom is -0.493 e. The molecule has 3 rings (SSSR count). The number of carbonyl (C=O) groups is 1. The van der Waals surface area contributed by atoms with Gasteiger partial charge in [-0.05, 0) is 53.4 Å². The first-order chi connectivity index (χ1) is 13.9. The van der Waals surface area contributed by atoms with E-state index >= 15 is 0 Å². The number of rotatable bonds is 8. The van der Waals surface area contributed by atoms with Crippen molar-refractivity contribution in [2.45, 2.75) is 10.8 Å². The summed E-state index contributed by atoms with van der Waals surface area (Å²) in [5.41, 5.74) is 1.66. The molecule has 0 spiro atoms. The summed E-state index contributed by atoms with van der Waals surface area (Å²) in [5.74, 6) is 0.928. The number of benzene rings is 2. The van der Waals surface area contributed by atoms with Gasteiger partial charge in [-0.15, -0.1) is 11.3 Å². The highest BCUT2D eigenvalue weighted by Crippen LogP contribution is 2.27. The van der Waals surface area contributed by atoms with Crippen molar-refractivity contribution in [3.63, 3.8) is 0 Å². The second-order valence-electron chi connectivity index (χ2n) is 5.99. The van der Waals surface area contributed by atoms with E-state index in [1.807, 2.05) is 6.07 Å². The molecule has 0 saturated carbocycles. The molecule has 2 N–H and O–H groups in total. The van der Waals surface area contributed by atoms with Gasteiger partial charge in [0.1, 0.15) is 4.21 Å². The number of hydrogen-bond acceptors (Lipinski definition) is 6. The maximum absolute atomic E-state index is 12.4. The van der Waals surface area contributed by atoms with E-state index in [9.17, 15) is 13.2 Å². The Kier molecular flexibility index (Phi) is 6.40. The summed E-state index contributed by atoms with van der Waals surface area (Å²) < 4.78 is 37.7. The lowest BCUT2D eigenvalue weighted by Gasteiger charge is -2.11. The van der Waals surface area contributed by atoms with Crippen LogP contribution in [-0.2, 0) is 16.6 Å². The maximum Gasteiger partial charge on any atom is 0.271 e. The minimum absolute atomic E-state index is 0.231. The number of amides is 1. The summed E-state index contributed by atoms with van der Waals surface area (Å²) >= 11 is 1.14. The van der Waals surface area contributed by atoms with Crippen LogP contribution in [0.3, 0.4) is 0 Å². The molecule has 0 saturated heterocycles. The molecule has 0 radical (unpaired) electrons. The Labute approximate surface area is 173 Å². The molecule has 152 valence electrons. The van der Waals surface area contributed by atoms with Crippen LogP contribution in [0, 0.1) is 0 Å². The molecule has 7 nitrogen and oxygen atoms in total. The van der Waals surface area contributed by atoms with Crippen molar-refractivity contribution in [2.24, 2.45) is 0 Å². The summed E-state index contributed by atoms with van der Waals surface area (Å²) in [4.78, 5) is 12.4. The third-order valence-electron chi connectivity index (χ3n) is 4.06. The molecule has 0 unspecified atom stereocenters. The summed E-state index contributed by atoms with van der Waals surface area (Å²) in [6, 6.07) is 14.8. The number of ether oxygens (including phenoxy) is 2. The molecular formula is C20H20N2O5S2. The van der Waals surface area contributed by atoms with Gasteiger partial charge in [0.15, 0.2) is 11.5 Å². The Morgan fingerprint density at radius 3 is 2.34 bits per heavy atom. The monoisotopic (exact) mass is 432 g/mol. The predicted octanol–water partition coefficient (Wildman–Crippen LogP) is 3.50. The van der Waals surface area contributed by atoms with Gasteiger partial charge < -0.3 is 14.8 Å². The van der Waals surface area contributed by atoms with Crippen molar-refractivity contribution < 1.29 is 22.7 Å². The first-order valence-corrected chi connectivity index (χ1v) is 10.9. The Morgan fingerprint density at radius 2 is 1.72 bits per heavy atom. The van der Waals surface area contributed by atoms with E-state index in [0.717, 1.165) is 16.9 Å². The number of thiophene rings is 1. The quantitative estimate of drug-likeness (QED) is 0.568. The van der Waals surface area contributed by atoms with Gasteiger partial charge in [-0.1, -0.05) is 12.1 Å². The number of carbonyl (C=O) groups excluding carboxylic acids is 1. The van der Waals surface area contributed by atoms with E-state index in [0.29, 0.717) is 29.3 Å². The predicted molar refractivity (Wildman–Crippen MR) is 112 cm³/mol. The Hall–Kier alpha value is -3.04. The number of methoxy groups -OCH3 is 2. The fourth-order valence-corrected chi connectivity index (χ4v) is 4.64. The van der Waals surface area contributed by atoms with Crippen molar-refractivity contribution in [1.29, 1.82) is 0 Å². The van der Waals surface area contributed by atoms with Crippen molar-refractivity contribution in [3.05, 3.63) is 71.1 Å². The third kappa shape index (κ3) is 5.07. The van der Waals surface area contributed by atoms with Crippen LogP contribution in [0.2, 0.25) is 0 Å². The largest absolute Gasteiger partial charge is 0.493 e. The third-order valence-corrected chi connectivity index (χ3v) is 6.84. The second-order valence-corrected chi connectivity index (χ2v) is 8.84. The van der Waals surface area contributed by atoms with Gasteiger partial charge in [-0.25, -0.2) is 8.42 Å². The van der Waals surface area contributed by atoms with Crippen LogP contribution in [0.5, 0.6) is 11.5 Å². The van der Waals surface area contributed by atoms with Crippen LogP contribution >= 0.6 is 11.3 Å². The molecule has 1 heterocycles. The van der Waals surface area contributed by atoms with Gasteiger partial charge in [-0.3, -0.25) is 9.52 Å². The van der Waals surface area contributed by atoms with Gasteiger partial charge >= 0.3 is 0 Å². The molecule has 3 aromatic rings. The number of sulfonamides is 1. The highest BCUT2D eigenvalue weighted by Gasteiger charge is 2.15. The van der Waals surface area contributed by atoms with Gasteiger partial charge in [0.05, 0.1) is 14.2 Å². The SMILES string of the molecule is COc1ccc(CNC(=O)c2ccc(NS(=O)(=O)c3cccs3)cc2)cc1OC.